The number of aryl methyl sites for hydroxylation is 1. The van der Waals surface area contributed by atoms with Crippen LogP contribution in [0.25, 0.3) is 0 Å². The predicted molar refractivity (Wildman–Crippen MR) is 71.3 cm³/mol. The Bertz CT molecular complexity index is 358. The van der Waals surface area contributed by atoms with Crippen LogP contribution in [0.3, 0.4) is 0 Å². The van der Waals surface area contributed by atoms with Crippen molar-refractivity contribution in [3.8, 4) is 0 Å². The minimum Gasteiger partial charge on any atom is -0.294 e. The van der Waals surface area contributed by atoms with Gasteiger partial charge in [0.2, 0.25) is 0 Å². The molecule has 1 aromatic carbocycles. The molecule has 0 radical (unpaired) electrons. The van der Waals surface area contributed by atoms with Gasteiger partial charge in [-0.1, -0.05) is 56.9 Å². The molecule has 1 heteroatoms. The Morgan fingerprint density at radius 3 is 2.35 bits per heavy atom. The second-order valence-electron chi connectivity index (χ2n) is 5.15. The number of Topliss-reactive ketones (excluding diaryl/α,β-unsaturated/α-hetero) is 1. The van der Waals surface area contributed by atoms with Gasteiger partial charge in [-0.25, -0.2) is 0 Å². The van der Waals surface area contributed by atoms with Crippen LogP contribution >= 0.6 is 0 Å². The Kier molecular flexibility index (Phi) is 4.36. The summed E-state index contributed by atoms with van der Waals surface area (Å²) < 4.78 is 0. The molecule has 0 atom stereocenters. The molecule has 0 unspecified atom stereocenters. The highest BCUT2D eigenvalue weighted by Gasteiger charge is 2.21. The molecule has 2 rings (SSSR count). The second kappa shape index (κ2) is 6.00. The van der Waals surface area contributed by atoms with Crippen LogP contribution in [0, 0.1) is 5.92 Å². The molecule has 0 aromatic heterocycles. The largest absolute Gasteiger partial charge is 0.294 e. The van der Waals surface area contributed by atoms with E-state index in [9.17, 15) is 4.79 Å². The maximum Gasteiger partial charge on any atom is 0.165 e. The molecule has 1 nitrogen and oxygen atoms in total. The fourth-order valence-electron chi connectivity index (χ4n) is 2.72. The first-order valence-corrected chi connectivity index (χ1v) is 6.94. The first-order chi connectivity index (χ1) is 8.31. The summed E-state index contributed by atoms with van der Waals surface area (Å²) in [6.07, 6.45) is 8.22. The van der Waals surface area contributed by atoms with Crippen LogP contribution < -0.4 is 0 Å². The number of ketones is 1. The Labute approximate surface area is 104 Å². The van der Waals surface area contributed by atoms with Crippen molar-refractivity contribution in [2.45, 2.75) is 51.9 Å². The van der Waals surface area contributed by atoms with Crippen molar-refractivity contribution < 1.29 is 4.79 Å². The van der Waals surface area contributed by atoms with Gasteiger partial charge >= 0.3 is 0 Å². The number of hydrogen-bond acceptors (Lipinski definition) is 1. The summed E-state index contributed by atoms with van der Waals surface area (Å²) >= 11 is 0. The molecular formula is C16H22O. The molecule has 0 heterocycles. The summed E-state index contributed by atoms with van der Waals surface area (Å²) in [5, 5.41) is 0. The van der Waals surface area contributed by atoms with Crippen LogP contribution in [-0.2, 0) is 6.42 Å². The number of benzene rings is 1. The maximum atomic E-state index is 12.3. The Morgan fingerprint density at radius 1 is 1.12 bits per heavy atom. The Hall–Kier alpha value is -1.11. The molecule has 0 aliphatic heterocycles. The summed E-state index contributed by atoms with van der Waals surface area (Å²) in [7, 11) is 0. The molecule has 0 saturated heterocycles. The summed E-state index contributed by atoms with van der Waals surface area (Å²) in [6, 6.07) is 8.25. The van der Waals surface area contributed by atoms with Crippen molar-refractivity contribution in [2.75, 3.05) is 0 Å². The number of hydrogen-bond donors (Lipinski definition) is 0. The molecule has 17 heavy (non-hydrogen) atoms. The van der Waals surface area contributed by atoms with Crippen molar-refractivity contribution in [3.05, 3.63) is 35.4 Å². The van der Waals surface area contributed by atoms with E-state index in [4.69, 9.17) is 0 Å². The zero-order valence-electron chi connectivity index (χ0n) is 10.7. The Morgan fingerprint density at radius 2 is 1.76 bits per heavy atom. The number of carbonyl (C=O) groups is 1. The molecule has 1 fully saturated rings. The third-order valence-corrected chi connectivity index (χ3v) is 3.75. The van der Waals surface area contributed by atoms with Crippen molar-refractivity contribution in [1.29, 1.82) is 0 Å². The van der Waals surface area contributed by atoms with Crippen LogP contribution in [0.2, 0.25) is 0 Å². The van der Waals surface area contributed by atoms with E-state index in [-0.39, 0.29) is 0 Å². The van der Waals surface area contributed by atoms with E-state index in [0.717, 1.165) is 31.2 Å². The van der Waals surface area contributed by atoms with Gasteiger partial charge in [-0.2, -0.15) is 0 Å². The maximum absolute atomic E-state index is 12.3. The lowest BCUT2D eigenvalue weighted by atomic mass is 9.84. The van der Waals surface area contributed by atoms with Crippen molar-refractivity contribution in [1.82, 2.24) is 0 Å². The SMILES string of the molecule is CCCc1ccc(C(=O)C2CCCCC2)cc1. The first kappa shape index (κ1) is 12.3. The first-order valence-electron chi connectivity index (χ1n) is 6.94. The normalized spacial score (nSPS) is 17.0. The van der Waals surface area contributed by atoms with E-state index in [2.05, 4.69) is 19.1 Å². The number of rotatable bonds is 4. The summed E-state index contributed by atoms with van der Waals surface area (Å²) in [6.45, 7) is 2.18. The topological polar surface area (TPSA) is 17.1 Å². The van der Waals surface area contributed by atoms with Crippen LogP contribution in [0.15, 0.2) is 24.3 Å². The molecule has 1 aliphatic rings. The lowest BCUT2D eigenvalue weighted by Gasteiger charge is -2.20. The minimum atomic E-state index is 0.292. The van der Waals surface area contributed by atoms with Crippen LogP contribution in [-0.4, -0.2) is 5.78 Å². The van der Waals surface area contributed by atoms with Crippen molar-refractivity contribution in [2.24, 2.45) is 5.92 Å². The second-order valence-corrected chi connectivity index (χ2v) is 5.15. The molecule has 1 saturated carbocycles. The number of carbonyl (C=O) groups excluding carboxylic acids is 1. The van der Waals surface area contributed by atoms with E-state index < -0.39 is 0 Å². The average Bonchev–Trinajstić information content (AvgIpc) is 2.40. The van der Waals surface area contributed by atoms with Gasteiger partial charge in [0.15, 0.2) is 5.78 Å². The summed E-state index contributed by atoms with van der Waals surface area (Å²) in [5.74, 6) is 0.661. The van der Waals surface area contributed by atoms with Gasteiger partial charge in [-0.3, -0.25) is 4.79 Å². The molecule has 1 aromatic rings. The molecule has 1 aliphatic carbocycles. The lowest BCUT2D eigenvalue weighted by Crippen LogP contribution is -2.17. The van der Waals surface area contributed by atoms with Crippen LogP contribution in [0.5, 0.6) is 0 Å². The molecule has 0 spiro atoms. The highest BCUT2D eigenvalue weighted by Crippen LogP contribution is 2.27. The summed E-state index contributed by atoms with van der Waals surface area (Å²) in [5.41, 5.74) is 2.25. The van der Waals surface area contributed by atoms with Crippen LogP contribution in [0.1, 0.15) is 61.4 Å². The quantitative estimate of drug-likeness (QED) is 0.700. The van der Waals surface area contributed by atoms with Crippen LogP contribution in [0.4, 0.5) is 0 Å². The zero-order chi connectivity index (χ0) is 12.1. The van der Waals surface area contributed by atoms with Gasteiger partial charge in [-0.15, -0.1) is 0 Å². The van der Waals surface area contributed by atoms with Crippen molar-refractivity contribution in [3.63, 3.8) is 0 Å². The van der Waals surface area contributed by atoms with E-state index >= 15 is 0 Å². The van der Waals surface area contributed by atoms with Gasteiger partial charge in [0.1, 0.15) is 0 Å². The third kappa shape index (κ3) is 3.18. The third-order valence-electron chi connectivity index (χ3n) is 3.75. The molecule has 0 bridgehead atoms. The monoisotopic (exact) mass is 230 g/mol. The zero-order valence-corrected chi connectivity index (χ0v) is 10.7. The average molecular weight is 230 g/mol. The van der Waals surface area contributed by atoms with Crippen molar-refractivity contribution >= 4 is 5.78 Å². The van der Waals surface area contributed by atoms with E-state index in [1.807, 2.05) is 12.1 Å². The minimum absolute atomic E-state index is 0.292. The highest BCUT2D eigenvalue weighted by molar-refractivity contribution is 5.97. The van der Waals surface area contributed by atoms with Gasteiger partial charge in [-0.05, 0) is 24.8 Å². The smallest absolute Gasteiger partial charge is 0.165 e. The highest BCUT2D eigenvalue weighted by atomic mass is 16.1. The lowest BCUT2D eigenvalue weighted by molar-refractivity contribution is 0.0889. The fraction of sp³-hybridized carbons (Fsp3) is 0.562. The fourth-order valence-corrected chi connectivity index (χ4v) is 2.72. The van der Waals surface area contributed by atoms with Gasteiger partial charge in [0.05, 0.1) is 0 Å². The standard InChI is InChI=1S/C16H22O/c1-2-6-13-9-11-15(12-10-13)16(17)14-7-4-3-5-8-14/h9-12,14H,2-8H2,1H3. The predicted octanol–water partition coefficient (Wildman–Crippen LogP) is 4.40. The van der Waals surface area contributed by atoms with E-state index in [1.54, 1.807) is 0 Å². The molecule has 0 amide bonds. The van der Waals surface area contributed by atoms with Gasteiger partial charge in [0.25, 0.3) is 0 Å². The van der Waals surface area contributed by atoms with Gasteiger partial charge < -0.3 is 0 Å². The molecule has 0 N–H and O–H groups in total. The molecular weight excluding hydrogens is 208 g/mol. The van der Waals surface area contributed by atoms with E-state index in [0.29, 0.717) is 11.7 Å². The molecule has 92 valence electrons. The van der Waals surface area contributed by atoms with Gasteiger partial charge in [0, 0.05) is 11.5 Å². The van der Waals surface area contributed by atoms with E-state index in [1.165, 1.54) is 24.8 Å². The summed E-state index contributed by atoms with van der Waals surface area (Å²) in [4.78, 5) is 12.3. The Balaban J connectivity index is 2.03.